The Hall–Kier alpha value is -1.83. The van der Waals surface area contributed by atoms with Gasteiger partial charge < -0.3 is 4.90 Å². The first kappa shape index (κ1) is 23.4. The Balaban J connectivity index is 2.51. The molecular weight excluding hydrogens is 404 g/mol. The maximum absolute atomic E-state index is 13.3. The van der Waals surface area contributed by atoms with E-state index in [1.165, 1.54) is 0 Å². The first-order valence-corrected chi connectivity index (χ1v) is 13.3. The number of amides is 1. The molecule has 0 aliphatic rings. The largest absolute Gasteiger partial charge is 0.339 e. The summed E-state index contributed by atoms with van der Waals surface area (Å²) in [5.41, 5.74) is 1.77. The highest BCUT2D eigenvalue weighted by atomic mass is 32.2. The molecule has 5 nitrogen and oxygen atoms in total. The maximum Gasteiger partial charge on any atom is 0.277 e. The number of carbonyl (C=O) groups excluding carboxylic acids is 1. The van der Waals surface area contributed by atoms with Gasteiger partial charge in [-0.05, 0) is 49.4 Å². The van der Waals surface area contributed by atoms with Crippen molar-refractivity contribution < 1.29 is 13.2 Å². The number of nitrogens with zero attached hydrogens (tertiary/aromatic N) is 1. The smallest absolute Gasteiger partial charge is 0.277 e. The number of aryl methyl sites for hydroxylation is 1. The molecule has 7 heteroatoms. The highest BCUT2D eigenvalue weighted by Gasteiger charge is 2.43. The lowest BCUT2D eigenvalue weighted by Gasteiger charge is -2.29. The third kappa shape index (κ3) is 5.84. The Morgan fingerprint density at radius 3 is 2.03 bits per heavy atom. The van der Waals surface area contributed by atoms with Crippen LogP contribution in [0, 0.1) is 6.92 Å². The Morgan fingerprint density at radius 1 is 1.00 bits per heavy atom. The van der Waals surface area contributed by atoms with Crippen LogP contribution in [0.1, 0.15) is 31.0 Å². The summed E-state index contributed by atoms with van der Waals surface area (Å²) >= 11 is 0. The molecule has 0 aliphatic carbocycles. The van der Waals surface area contributed by atoms with Gasteiger partial charge in [-0.25, -0.2) is 8.42 Å². The molecule has 0 heterocycles. The van der Waals surface area contributed by atoms with E-state index in [4.69, 9.17) is 0 Å². The van der Waals surface area contributed by atoms with Gasteiger partial charge in [0, 0.05) is 13.1 Å². The van der Waals surface area contributed by atoms with Gasteiger partial charge in [0.25, 0.3) is 5.91 Å². The zero-order chi connectivity index (χ0) is 21.6. The highest BCUT2D eigenvalue weighted by molar-refractivity contribution is 7.97. The molecule has 2 atom stereocenters. The summed E-state index contributed by atoms with van der Waals surface area (Å²) in [7, 11) is -4.14. The van der Waals surface area contributed by atoms with Crippen molar-refractivity contribution in [1.29, 1.82) is 0 Å². The van der Waals surface area contributed by atoms with Gasteiger partial charge in [0.05, 0.1) is 17.4 Å². The molecule has 1 N–H and O–H groups in total. The van der Waals surface area contributed by atoms with Crippen LogP contribution in [-0.4, -0.2) is 50.1 Å². The molecule has 0 aromatic heterocycles. The van der Waals surface area contributed by atoms with E-state index in [1.807, 2.05) is 63.6 Å². The van der Waals surface area contributed by atoms with Crippen molar-refractivity contribution in [3.63, 3.8) is 0 Å². The Labute approximate surface area is 177 Å². The monoisotopic (exact) mass is 435 g/mol. The molecule has 2 rings (SSSR count). The Kier molecular flexibility index (Phi) is 8.31. The lowest BCUT2D eigenvalue weighted by Crippen LogP contribution is -2.50. The minimum Gasteiger partial charge on any atom is -0.339 e. The van der Waals surface area contributed by atoms with E-state index in [2.05, 4.69) is 4.72 Å². The summed E-state index contributed by atoms with van der Waals surface area (Å²) in [5, 5.41) is -0.488. The van der Waals surface area contributed by atoms with Crippen molar-refractivity contribution in [3.8, 4) is 0 Å². The number of hydrogen-bond acceptors (Lipinski definition) is 3. The third-order valence-electron chi connectivity index (χ3n) is 4.90. The van der Waals surface area contributed by atoms with Crippen LogP contribution in [0.25, 0.3) is 0 Å². The number of hydrogen-bond donors (Lipinski definition) is 1. The van der Waals surface area contributed by atoms with Gasteiger partial charge in [-0.3, -0.25) is 4.79 Å². The standard InChI is InChI=1S/C22H31N2O3S2/c1-6-24(7-2)22(25)21(28(4)5)20(18-11-9-8-10-12-18)23-29(26,27)19-15-13-17(3)14-16-19/h8-16,20-21,23H,6-7H2,1-5H3/q+1/t20-,21+/m1/s1. The maximum atomic E-state index is 13.3. The van der Waals surface area contributed by atoms with Crippen LogP contribution in [0.5, 0.6) is 0 Å². The molecule has 29 heavy (non-hydrogen) atoms. The van der Waals surface area contributed by atoms with Gasteiger partial charge in [-0.1, -0.05) is 48.0 Å². The normalized spacial score (nSPS) is 13.9. The molecular formula is C22H31N2O3S2+. The number of benzene rings is 2. The van der Waals surface area contributed by atoms with Crippen LogP contribution in [0.2, 0.25) is 0 Å². The average molecular weight is 436 g/mol. The second-order valence-electron chi connectivity index (χ2n) is 7.13. The lowest BCUT2D eigenvalue weighted by molar-refractivity contribution is -0.130. The van der Waals surface area contributed by atoms with Crippen molar-refractivity contribution in [2.24, 2.45) is 0 Å². The first-order valence-electron chi connectivity index (χ1n) is 9.70. The van der Waals surface area contributed by atoms with Crippen molar-refractivity contribution in [1.82, 2.24) is 9.62 Å². The number of rotatable bonds is 9. The van der Waals surface area contributed by atoms with Gasteiger partial charge in [-0.15, -0.1) is 0 Å². The average Bonchev–Trinajstić information content (AvgIpc) is 2.69. The Bertz CT molecular complexity index is 893. The quantitative estimate of drug-likeness (QED) is 0.616. The molecule has 0 unspecified atom stereocenters. The molecule has 0 fully saturated rings. The van der Waals surface area contributed by atoms with Gasteiger partial charge in [0.1, 0.15) is 6.04 Å². The minimum absolute atomic E-state index is 0.0243. The van der Waals surface area contributed by atoms with E-state index < -0.39 is 21.3 Å². The number of carbonyl (C=O) groups is 1. The fourth-order valence-electron chi connectivity index (χ4n) is 3.25. The lowest BCUT2D eigenvalue weighted by atomic mass is 10.0. The summed E-state index contributed by atoms with van der Waals surface area (Å²) < 4.78 is 29.1. The Morgan fingerprint density at radius 2 is 1.55 bits per heavy atom. The van der Waals surface area contributed by atoms with Gasteiger partial charge >= 0.3 is 0 Å². The van der Waals surface area contributed by atoms with Crippen molar-refractivity contribution in [2.75, 3.05) is 25.6 Å². The van der Waals surface area contributed by atoms with Crippen LogP contribution < -0.4 is 4.72 Å². The van der Waals surface area contributed by atoms with Gasteiger partial charge in [0.15, 0.2) is 0 Å². The molecule has 0 radical (unpaired) electrons. The summed E-state index contributed by atoms with van der Waals surface area (Å²) in [6, 6.07) is 15.5. The van der Waals surface area contributed by atoms with Crippen LogP contribution in [0.15, 0.2) is 59.5 Å². The van der Waals surface area contributed by atoms with E-state index in [0.717, 1.165) is 11.1 Å². The molecule has 0 saturated heterocycles. The topological polar surface area (TPSA) is 66.5 Å². The summed E-state index contributed by atoms with van der Waals surface area (Å²) in [6.07, 6.45) is 3.98. The van der Waals surface area contributed by atoms with E-state index in [0.29, 0.717) is 13.1 Å². The van der Waals surface area contributed by atoms with E-state index in [9.17, 15) is 13.2 Å². The predicted octanol–water partition coefficient (Wildman–Crippen LogP) is 3.13. The van der Waals surface area contributed by atoms with Crippen LogP contribution in [0.4, 0.5) is 0 Å². The van der Waals surface area contributed by atoms with Crippen LogP contribution in [0.3, 0.4) is 0 Å². The molecule has 2 aromatic carbocycles. The van der Waals surface area contributed by atoms with E-state index in [-0.39, 0.29) is 21.7 Å². The molecule has 2 aromatic rings. The zero-order valence-corrected chi connectivity index (χ0v) is 19.4. The fraction of sp³-hybridized carbons (Fsp3) is 0.409. The highest BCUT2D eigenvalue weighted by Crippen LogP contribution is 2.27. The minimum atomic E-state index is -3.79. The third-order valence-corrected chi connectivity index (χ3v) is 7.85. The summed E-state index contributed by atoms with van der Waals surface area (Å²) in [6.45, 7) is 6.98. The molecule has 0 spiro atoms. The second-order valence-corrected chi connectivity index (χ2v) is 11.1. The summed E-state index contributed by atoms with van der Waals surface area (Å²) in [5.74, 6) is -0.0243. The molecule has 0 saturated carbocycles. The van der Waals surface area contributed by atoms with Gasteiger partial charge in [0.2, 0.25) is 15.3 Å². The molecule has 158 valence electrons. The van der Waals surface area contributed by atoms with Crippen LogP contribution >= 0.6 is 0 Å². The predicted molar refractivity (Wildman–Crippen MR) is 122 cm³/mol. The SMILES string of the molecule is CCN(CC)C(=O)[C@H]([C@H](NS(=O)(=O)c1ccc(C)cc1)c1ccccc1)[S+](C)C. The fourth-order valence-corrected chi connectivity index (χ4v) is 5.89. The molecule has 0 bridgehead atoms. The zero-order valence-electron chi connectivity index (χ0n) is 17.8. The van der Waals surface area contributed by atoms with E-state index in [1.54, 1.807) is 29.2 Å². The van der Waals surface area contributed by atoms with Crippen molar-refractivity contribution in [2.45, 2.75) is 37.0 Å². The van der Waals surface area contributed by atoms with Gasteiger partial charge in [-0.2, -0.15) is 4.72 Å². The second kappa shape index (κ2) is 10.3. The van der Waals surface area contributed by atoms with Crippen LogP contribution in [-0.2, 0) is 25.7 Å². The van der Waals surface area contributed by atoms with E-state index >= 15 is 0 Å². The number of nitrogens with one attached hydrogen (secondary N) is 1. The van der Waals surface area contributed by atoms with Crippen molar-refractivity contribution >= 4 is 26.8 Å². The van der Waals surface area contributed by atoms with Crippen molar-refractivity contribution in [3.05, 3.63) is 65.7 Å². The first-order chi connectivity index (χ1) is 13.7. The molecule has 1 amide bonds. The molecule has 0 aliphatic heterocycles. The number of sulfonamides is 1. The summed E-state index contributed by atoms with van der Waals surface area (Å²) in [4.78, 5) is 15.3.